The van der Waals surface area contributed by atoms with E-state index in [1.165, 1.54) is 0 Å². The maximum atomic E-state index is 12.9. The highest BCUT2D eigenvalue weighted by molar-refractivity contribution is 6.31. The molecule has 0 fully saturated rings. The van der Waals surface area contributed by atoms with Crippen LogP contribution in [0.2, 0.25) is 5.02 Å². The highest BCUT2D eigenvalue weighted by Crippen LogP contribution is 2.36. The average molecular weight is 430 g/mol. The number of fused-ring (bicyclic) bond motifs is 2. The van der Waals surface area contributed by atoms with Crippen LogP contribution in [0.15, 0.2) is 78.7 Å². The van der Waals surface area contributed by atoms with Crippen molar-refractivity contribution < 1.29 is 14.3 Å². The summed E-state index contributed by atoms with van der Waals surface area (Å²) in [6, 6.07) is 21.0. The number of allylic oxidation sites excluding steroid dienone is 1. The standard InChI is InChI=1S/C26H20ClNO3/c1-2-28-15-18(20-8-4-6-10-23(20)28)13-25-26(29)21-12-11-19(14-24(21)31-25)30-16-17-7-3-5-9-22(17)27/h3-15H,2,16H2,1H3/b25-13+. The Balaban J connectivity index is 1.41. The number of hydrogen-bond acceptors (Lipinski definition) is 3. The Labute approximate surface area is 185 Å². The molecule has 3 aromatic carbocycles. The van der Waals surface area contributed by atoms with Crippen LogP contribution in [0.5, 0.6) is 11.5 Å². The highest BCUT2D eigenvalue weighted by Gasteiger charge is 2.28. The van der Waals surface area contributed by atoms with E-state index < -0.39 is 0 Å². The van der Waals surface area contributed by atoms with E-state index >= 15 is 0 Å². The van der Waals surface area contributed by atoms with Crippen molar-refractivity contribution in [2.75, 3.05) is 0 Å². The molecular formula is C26H20ClNO3. The normalized spacial score (nSPS) is 14.1. The monoisotopic (exact) mass is 429 g/mol. The van der Waals surface area contributed by atoms with Gasteiger partial charge in [-0.2, -0.15) is 0 Å². The number of aryl methyl sites for hydroxylation is 1. The van der Waals surface area contributed by atoms with Crippen molar-refractivity contribution in [2.45, 2.75) is 20.1 Å². The summed E-state index contributed by atoms with van der Waals surface area (Å²) in [5, 5.41) is 1.75. The first-order valence-electron chi connectivity index (χ1n) is 10.2. The second kappa shape index (κ2) is 7.97. The molecule has 0 saturated heterocycles. The zero-order chi connectivity index (χ0) is 21.4. The van der Waals surface area contributed by atoms with Gasteiger partial charge in [0, 0.05) is 45.9 Å². The van der Waals surface area contributed by atoms with Crippen molar-refractivity contribution in [1.29, 1.82) is 0 Å². The molecule has 2 heterocycles. The summed E-state index contributed by atoms with van der Waals surface area (Å²) >= 11 is 6.19. The lowest BCUT2D eigenvalue weighted by molar-refractivity contribution is 0.101. The minimum Gasteiger partial charge on any atom is -0.489 e. The Hall–Kier alpha value is -3.50. The molecule has 5 heteroatoms. The number of carbonyl (C=O) groups is 1. The van der Waals surface area contributed by atoms with Crippen LogP contribution in [0, 0.1) is 0 Å². The van der Waals surface area contributed by atoms with Gasteiger partial charge in [-0.15, -0.1) is 0 Å². The molecule has 1 aliphatic heterocycles. The van der Waals surface area contributed by atoms with E-state index in [-0.39, 0.29) is 5.78 Å². The van der Waals surface area contributed by atoms with Gasteiger partial charge in [0.1, 0.15) is 18.1 Å². The third kappa shape index (κ3) is 3.60. The van der Waals surface area contributed by atoms with Gasteiger partial charge in [0.15, 0.2) is 5.76 Å². The van der Waals surface area contributed by atoms with Gasteiger partial charge < -0.3 is 14.0 Å². The molecule has 5 rings (SSSR count). The van der Waals surface area contributed by atoms with E-state index in [1.54, 1.807) is 18.2 Å². The Morgan fingerprint density at radius 2 is 1.87 bits per heavy atom. The quantitative estimate of drug-likeness (QED) is 0.339. The summed E-state index contributed by atoms with van der Waals surface area (Å²) in [6.07, 6.45) is 3.87. The van der Waals surface area contributed by atoms with Gasteiger partial charge in [-0.3, -0.25) is 4.79 Å². The summed E-state index contributed by atoms with van der Waals surface area (Å²) in [6.45, 7) is 3.29. The second-order valence-electron chi connectivity index (χ2n) is 7.37. The number of rotatable bonds is 5. The Kier molecular flexibility index (Phi) is 5.00. The molecule has 0 aliphatic carbocycles. The summed E-state index contributed by atoms with van der Waals surface area (Å²) in [4.78, 5) is 12.9. The van der Waals surface area contributed by atoms with Gasteiger partial charge in [0.25, 0.3) is 0 Å². The van der Waals surface area contributed by atoms with E-state index in [9.17, 15) is 4.79 Å². The van der Waals surface area contributed by atoms with Crippen molar-refractivity contribution >= 4 is 34.4 Å². The first-order valence-corrected chi connectivity index (χ1v) is 10.5. The minimum atomic E-state index is -0.124. The van der Waals surface area contributed by atoms with Gasteiger partial charge in [0.05, 0.1) is 5.56 Å². The summed E-state index contributed by atoms with van der Waals surface area (Å²) in [7, 11) is 0. The van der Waals surface area contributed by atoms with Crippen molar-refractivity contribution in [3.8, 4) is 11.5 Å². The summed E-state index contributed by atoms with van der Waals surface area (Å²) in [5.41, 5.74) is 3.53. The molecule has 0 unspecified atom stereocenters. The van der Waals surface area contributed by atoms with E-state index in [2.05, 4.69) is 29.8 Å². The molecule has 4 aromatic rings. The molecule has 0 radical (unpaired) electrons. The zero-order valence-corrected chi connectivity index (χ0v) is 17.7. The molecule has 154 valence electrons. The Morgan fingerprint density at radius 1 is 1.06 bits per heavy atom. The van der Waals surface area contributed by atoms with Crippen LogP contribution < -0.4 is 9.47 Å². The number of benzene rings is 3. The van der Waals surface area contributed by atoms with Crippen LogP contribution in [0.4, 0.5) is 0 Å². The van der Waals surface area contributed by atoms with Crippen molar-refractivity contribution in [3.63, 3.8) is 0 Å². The predicted molar refractivity (Wildman–Crippen MR) is 123 cm³/mol. The molecule has 0 amide bonds. The Morgan fingerprint density at radius 3 is 2.71 bits per heavy atom. The van der Waals surface area contributed by atoms with Crippen LogP contribution in [-0.2, 0) is 13.2 Å². The molecule has 0 spiro atoms. The van der Waals surface area contributed by atoms with Gasteiger partial charge in [-0.1, -0.05) is 48.0 Å². The van der Waals surface area contributed by atoms with Crippen LogP contribution in [0.25, 0.3) is 17.0 Å². The van der Waals surface area contributed by atoms with E-state index in [4.69, 9.17) is 21.1 Å². The summed E-state index contributed by atoms with van der Waals surface area (Å²) in [5.74, 6) is 1.32. The Bertz CT molecular complexity index is 1340. The fourth-order valence-electron chi connectivity index (χ4n) is 3.83. The topological polar surface area (TPSA) is 40.5 Å². The van der Waals surface area contributed by atoms with Crippen molar-refractivity contribution in [3.05, 3.63) is 100 Å². The van der Waals surface area contributed by atoms with Gasteiger partial charge >= 0.3 is 0 Å². The molecular weight excluding hydrogens is 410 g/mol. The minimum absolute atomic E-state index is 0.124. The number of para-hydroxylation sites is 1. The maximum absolute atomic E-state index is 12.9. The molecule has 0 atom stereocenters. The first-order chi connectivity index (χ1) is 15.1. The fraction of sp³-hybridized carbons (Fsp3) is 0.115. The van der Waals surface area contributed by atoms with E-state index in [1.807, 2.05) is 42.5 Å². The number of Topliss-reactive ketones (excluding diaryl/α,β-unsaturated/α-hetero) is 1. The van der Waals surface area contributed by atoms with Gasteiger partial charge in [-0.25, -0.2) is 0 Å². The molecule has 0 N–H and O–H groups in total. The third-order valence-electron chi connectivity index (χ3n) is 5.44. The number of ketones is 1. The molecule has 31 heavy (non-hydrogen) atoms. The first kappa shape index (κ1) is 19.5. The average Bonchev–Trinajstić information content (AvgIpc) is 3.30. The molecule has 1 aromatic heterocycles. The van der Waals surface area contributed by atoms with Gasteiger partial charge in [0.2, 0.25) is 5.78 Å². The number of carbonyl (C=O) groups excluding carboxylic acids is 1. The smallest absolute Gasteiger partial charge is 0.231 e. The number of aromatic nitrogens is 1. The highest BCUT2D eigenvalue weighted by atomic mass is 35.5. The fourth-order valence-corrected chi connectivity index (χ4v) is 4.02. The lowest BCUT2D eigenvalue weighted by Gasteiger charge is -2.08. The molecule has 1 aliphatic rings. The molecule has 4 nitrogen and oxygen atoms in total. The van der Waals surface area contributed by atoms with Crippen LogP contribution in [-0.4, -0.2) is 10.4 Å². The van der Waals surface area contributed by atoms with Crippen LogP contribution >= 0.6 is 11.6 Å². The lowest BCUT2D eigenvalue weighted by atomic mass is 10.1. The lowest BCUT2D eigenvalue weighted by Crippen LogP contribution is -1.98. The number of halogens is 1. The largest absolute Gasteiger partial charge is 0.489 e. The SMILES string of the molecule is CCn1cc(/C=C2/Oc3cc(OCc4ccccc4Cl)ccc3C2=O)c2ccccc21. The van der Waals surface area contributed by atoms with Crippen molar-refractivity contribution in [2.24, 2.45) is 0 Å². The van der Waals surface area contributed by atoms with Crippen molar-refractivity contribution in [1.82, 2.24) is 4.57 Å². The maximum Gasteiger partial charge on any atom is 0.231 e. The molecule has 0 bridgehead atoms. The number of ether oxygens (including phenoxy) is 2. The number of nitrogens with zero attached hydrogens (tertiary/aromatic N) is 1. The molecule has 0 saturated carbocycles. The predicted octanol–water partition coefficient (Wildman–Crippen LogP) is 6.51. The van der Waals surface area contributed by atoms with Gasteiger partial charge in [-0.05, 0) is 37.3 Å². The number of hydrogen-bond donors (Lipinski definition) is 0. The third-order valence-corrected chi connectivity index (χ3v) is 5.81. The zero-order valence-electron chi connectivity index (χ0n) is 17.0. The van der Waals surface area contributed by atoms with Crippen LogP contribution in [0.3, 0.4) is 0 Å². The summed E-state index contributed by atoms with van der Waals surface area (Å²) < 4.78 is 14.0. The van der Waals surface area contributed by atoms with E-state index in [0.29, 0.717) is 34.5 Å². The van der Waals surface area contributed by atoms with E-state index in [0.717, 1.165) is 28.6 Å². The van der Waals surface area contributed by atoms with Crippen LogP contribution in [0.1, 0.15) is 28.4 Å². The second-order valence-corrected chi connectivity index (χ2v) is 7.77.